The van der Waals surface area contributed by atoms with Crippen molar-refractivity contribution < 1.29 is 23.4 Å². The van der Waals surface area contributed by atoms with E-state index in [-0.39, 0.29) is 41.1 Å². The second-order valence-electron chi connectivity index (χ2n) is 7.72. The number of hydrogen-bond acceptors (Lipinski definition) is 3. The topological polar surface area (TPSA) is 46.5 Å². The van der Waals surface area contributed by atoms with Crippen molar-refractivity contribution in [2.45, 2.75) is 18.3 Å². The highest BCUT2D eigenvalue weighted by Gasteiger charge is 2.41. The molecule has 0 heterocycles. The van der Waals surface area contributed by atoms with Gasteiger partial charge in [-0.1, -0.05) is 42.5 Å². The van der Waals surface area contributed by atoms with Crippen LogP contribution in [0.25, 0.3) is 6.08 Å². The quantitative estimate of drug-likeness (QED) is 0.378. The Morgan fingerprint density at radius 1 is 0.906 bits per heavy atom. The summed E-state index contributed by atoms with van der Waals surface area (Å²) in [6.45, 7) is 0. The van der Waals surface area contributed by atoms with E-state index in [1.165, 1.54) is 30.3 Å². The number of aliphatic hydroxyl groups excluding tert-OH is 1. The molecule has 1 fully saturated rings. The summed E-state index contributed by atoms with van der Waals surface area (Å²) in [5, 5.41) is 10.9. The maximum Gasteiger partial charge on any atom is 0.163 e. The SMILES string of the molecule is COc1ccc([C@H]2CC(=O)/C(=C(O)/C=C/c3ccc(F)cc3)[C@@H]2c2ccc(F)cc2)cc1. The van der Waals surface area contributed by atoms with E-state index < -0.39 is 5.92 Å². The number of hydrogen-bond donors (Lipinski definition) is 1. The standard InChI is InChI=1S/C27H22F2O3/c1-32-22-13-7-18(8-14-22)23-16-25(31)27(26(23)19-5-11-21(29)12-6-19)24(30)15-4-17-2-9-20(28)10-3-17/h2-15,23,26,30H,16H2,1H3/b15-4+,27-24+/t23-,26-/m1/s1. The van der Waals surface area contributed by atoms with Gasteiger partial charge < -0.3 is 9.84 Å². The Balaban J connectivity index is 1.76. The van der Waals surface area contributed by atoms with Crippen LogP contribution in [0.5, 0.6) is 5.75 Å². The van der Waals surface area contributed by atoms with Gasteiger partial charge in [-0.2, -0.15) is 0 Å². The van der Waals surface area contributed by atoms with E-state index in [1.54, 1.807) is 37.5 Å². The van der Waals surface area contributed by atoms with Gasteiger partial charge in [0.2, 0.25) is 0 Å². The second-order valence-corrected chi connectivity index (χ2v) is 7.72. The van der Waals surface area contributed by atoms with Crippen LogP contribution in [-0.2, 0) is 4.79 Å². The number of Topliss-reactive ketones (excluding diaryl/α,β-unsaturated/α-hetero) is 1. The molecule has 3 aromatic carbocycles. The lowest BCUT2D eigenvalue weighted by Gasteiger charge is -2.21. The number of aliphatic hydroxyl groups is 1. The predicted molar refractivity (Wildman–Crippen MR) is 120 cm³/mol. The molecule has 0 aliphatic heterocycles. The van der Waals surface area contributed by atoms with Gasteiger partial charge in [0.1, 0.15) is 23.1 Å². The smallest absolute Gasteiger partial charge is 0.163 e. The van der Waals surface area contributed by atoms with E-state index in [0.29, 0.717) is 11.3 Å². The Morgan fingerprint density at radius 2 is 1.47 bits per heavy atom. The van der Waals surface area contributed by atoms with Crippen LogP contribution in [0.3, 0.4) is 0 Å². The van der Waals surface area contributed by atoms with Crippen molar-refractivity contribution in [2.24, 2.45) is 0 Å². The molecule has 0 unspecified atom stereocenters. The zero-order valence-corrected chi connectivity index (χ0v) is 17.5. The molecule has 0 bridgehead atoms. The molecule has 3 nitrogen and oxygen atoms in total. The van der Waals surface area contributed by atoms with Crippen LogP contribution in [-0.4, -0.2) is 18.0 Å². The Hall–Kier alpha value is -3.73. The summed E-state index contributed by atoms with van der Waals surface area (Å²) in [5.41, 5.74) is 2.65. The summed E-state index contributed by atoms with van der Waals surface area (Å²) >= 11 is 0. The van der Waals surface area contributed by atoms with Crippen molar-refractivity contribution in [2.75, 3.05) is 7.11 Å². The van der Waals surface area contributed by atoms with E-state index in [0.717, 1.165) is 11.1 Å². The first-order valence-corrected chi connectivity index (χ1v) is 10.3. The summed E-state index contributed by atoms with van der Waals surface area (Å²) in [7, 11) is 1.59. The van der Waals surface area contributed by atoms with Gasteiger partial charge in [0, 0.05) is 23.8 Å². The molecule has 2 atom stereocenters. The molecule has 1 saturated carbocycles. The fraction of sp³-hybridized carbons (Fsp3) is 0.148. The Morgan fingerprint density at radius 3 is 2.06 bits per heavy atom. The number of halogens is 2. The lowest BCUT2D eigenvalue weighted by atomic mass is 9.82. The molecule has 0 spiro atoms. The van der Waals surface area contributed by atoms with E-state index in [9.17, 15) is 18.7 Å². The molecular weight excluding hydrogens is 410 g/mol. The van der Waals surface area contributed by atoms with Crippen LogP contribution in [0, 0.1) is 11.6 Å². The zero-order chi connectivity index (χ0) is 22.7. The first kappa shape index (κ1) is 21.5. The third-order valence-electron chi connectivity index (χ3n) is 5.77. The monoisotopic (exact) mass is 432 g/mol. The molecule has 3 aromatic rings. The molecule has 162 valence electrons. The van der Waals surface area contributed by atoms with E-state index in [2.05, 4.69) is 0 Å². The number of rotatable bonds is 5. The molecule has 0 amide bonds. The van der Waals surface area contributed by atoms with Crippen LogP contribution in [0.2, 0.25) is 0 Å². The first-order chi connectivity index (χ1) is 15.5. The Kier molecular flexibility index (Phi) is 6.17. The highest BCUT2D eigenvalue weighted by atomic mass is 19.1. The van der Waals surface area contributed by atoms with Gasteiger partial charge in [-0.3, -0.25) is 4.79 Å². The number of benzene rings is 3. The lowest BCUT2D eigenvalue weighted by Crippen LogP contribution is -2.08. The lowest BCUT2D eigenvalue weighted by molar-refractivity contribution is -0.114. The number of carbonyl (C=O) groups excluding carboxylic acids is 1. The van der Waals surface area contributed by atoms with Crippen LogP contribution >= 0.6 is 0 Å². The van der Waals surface area contributed by atoms with Gasteiger partial charge in [-0.25, -0.2) is 8.78 Å². The second kappa shape index (κ2) is 9.18. The van der Waals surface area contributed by atoms with Gasteiger partial charge in [-0.15, -0.1) is 0 Å². The van der Waals surface area contributed by atoms with Crippen molar-refractivity contribution in [3.05, 3.63) is 119 Å². The highest BCUT2D eigenvalue weighted by molar-refractivity contribution is 6.01. The van der Waals surface area contributed by atoms with Gasteiger partial charge in [-0.05, 0) is 59.2 Å². The maximum atomic E-state index is 13.6. The molecule has 0 radical (unpaired) electrons. The van der Waals surface area contributed by atoms with Crippen LogP contribution in [0.1, 0.15) is 34.9 Å². The average molecular weight is 432 g/mol. The number of ketones is 1. The summed E-state index contributed by atoms with van der Waals surface area (Å²) in [4.78, 5) is 13.0. The minimum absolute atomic E-state index is 0.148. The van der Waals surface area contributed by atoms with Gasteiger partial charge in [0.25, 0.3) is 0 Å². The molecule has 1 aliphatic carbocycles. The summed E-state index contributed by atoms with van der Waals surface area (Å²) in [5.74, 6) is -0.979. The molecule has 5 heteroatoms. The summed E-state index contributed by atoms with van der Waals surface area (Å²) in [6.07, 6.45) is 3.29. The van der Waals surface area contributed by atoms with E-state index >= 15 is 0 Å². The summed E-state index contributed by atoms with van der Waals surface area (Å²) in [6, 6.07) is 19.3. The van der Waals surface area contributed by atoms with Crippen LogP contribution in [0.4, 0.5) is 8.78 Å². The first-order valence-electron chi connectivity index (χ1n) is 10.3. The molecule has 0 aromatic heterocycles. The number of methoxy groups -OCH3 is 1. The fourth-order valence-electron chi connectivity index (χ4n) is 4.17. The van der Waals surface area contributed by atoms with Crippen LogP contribution < -0.4 is 4.74 Å². The minimum atomic E-state index is -0.436. The largest absolute Gasteiger partial charge is 0.508 e. The van der Waals surface area contributed by atoms with Crippen molar-refractivity contribution >= 4 is 11.9 Å². The van der Waals surface area contributed by atoms with Crippen molar-refractivity contribution in [1.82, 2.24) is 0 Å². The zero-order valence-electron chi connectivity index (χ0n) is 17.5. The fourth-order valence-corrected chi connectivity index (χ4v) is 4.17. The maximum absolute atomic E-state index is 13.6. The van der Waals surface area contributed by atoms with Gasteiger partial charge in [0.05, 0.1) is 7.11 Å². The third kappa shape index (κ3) is 4.47. The van der Waals surface area contributed by atoms with E-state index in [1.807, 2.05) is 24.3 Å². The Bertz CT molecular complexity index is 1160. The number of allylic oxidation sites excluding steroid dienone is 2. The summed E-state index contributed by atoms with van der Waals surface area (Å²) < 4.78 is 31.9. The molecule has 1 aliphatic rings. The molecule has 1 N–H and O–H groups in total. The molecule has 4 rings (SSSR count). The van der Waals surface area contributed by atoms with E-state index in [4.69, 9.17) is 4.74 Å². The normalized spacial score (nSPS) is 20.0. The predicted octanol–water partition coefficient (Wildman–Crippen LogP) is 6.34. The van der Waals surface area contributed by atoms with Crippen molar-refractivity contribution in [3.8, 4) is 5.75 Å². The number of carbonyl (C=O) groups is 1. The van der Waals surface area contributed by atoms with Crippen molar-refractivity contribution in [1.29, 1.82) is 0 Å². The Labute approximate surface area is 185 Å². The molecule has 32 heavy (non-hydrogen) atoms. The van der Waals surface area contributed by atoms with Crippen LogP contribution in [0.15, 0.2) is 90.2 Å². The highest BCUT2D eigenvalue weighted by Crippen LogP contribution is 2.48. The molecular formula is C27H22F2O3. The van der Waals surface area contributed by atoms with Gasteiger partial charge >= 0.3 is 0 Å². The number of ether oxygens (including phenoxy) is 1. The molecule has 0 saturated heterocycles. The average Bonchev–Trinajstić information content (AvgIpc) is 3.16. The minimum Gasteiger partial charge on any atom is -0.508 e. The van der Waals surface area contributed by atoms with Crippen molar-refractivity contribution in [3.63, 3.8) is 0 Å². The van der Waals surface area contributed by atoms with Gasteiger partial charge in [0.15, 0.2) is 5.78 Å². The third-order valence-corrected chi connectivity index (χ3v) is 5.77.